The molecule has 1 unspecified atom stereocenters. The molecule has 1 heterocycles. The highest BCUT2D eigenvalue weighted by Crippen LogP contribution is 2.30. The Balaban J connectivity index is 1.82. The lowest BCUT2D eigenvalue weighted by molar-refractivity contribution is -0.121. The van der Waals surface area contributed by atoms with E-state index in [0.29, 0.717) is 18.6 Å². The molecule has 1 saturated heterocycles. The van der Waals surface area contributed by atoms with Gasteiger partial charge in [0, 0.05) is 38.2 Å². The highest BCUT2D eigenvalue weighted by molar-refractivity contribution is 5.79. The summed E-state index contributed by atoms with van der Waals surface area (Å²) in [6, 6.07) is 16.1. The molecule has 0 amide bonds. The number of ether oxygens (including phenoxy) is 2. The number of hydrogen-bond acceptors (Lipinski definition) is 5. The van der Waals surface area contributed by atoms with Crippen molar-refractivity contribution in [3.05, 3.63) is 59.7 Å². The van der Waals surface area contributed by atoms with Crippen LogP contribution in [0, 0.1) is 0 Å². The third kappa shape index (κ3) is 4.42. The second kappa shape index (κ2) is 8.83. The van der Waals surface area contributed by atoms with Crippen LogP contribution in [0.4, 0.5) is 0 Å². The first-order valence-corrected chi connectivity index (χ1v) is 8.95. The third-order valence-electron chi connectivity index (χ3n) is 4.83. The monoisotopic (exact) mass is 354 g/mol. The molecular formula is C21H26N2O3. The van der Waals surface area contributed by atoms with E-state index in [4.69, 9.17) is 9.47 Å². The van der Waals surface area contributed by atoms with Gasteiger partial charge in [-0.25, -0.2) is 0 Å². The summed E-state index contributed by atoms with van der Waals surface area (Å²) in [7, 11) is 3.36. The van der Waals surface area contributed by atoms with Crippen LogP contribution < -0.4 is 14.8 Å². The fourth-order valence-electron chi connectivity index (χ4n) is 3.29. The van der Waals surface area contributed by atoms with Gasteiger partial charge in [0.25, 0.3) is 0 Å². The minimum absolute atomic E-state index is 0.00492. The van der Waals surface area contributed by atoms with Crippen LogP contribution in [0.3, 0.4) is 0 Å². The van der Waals surface area contributed by atoms with E-state index in [9.17, 15) is 4.79 Å². The first-order valence-electron chi connectivity index (χ1n) is 8.95. The van der Waals surface area contributed by atoms with Crippen LogP contribution in [0.5, 0.6) is 11.5 Å². The molecule has 5 nitrogen and oxygen atoms in total. The highest BCUT2D eigenvalue weighted by atomic mass is 16.5. The van der Waals surface area contributed by atoms with Crippen LogP contribution in [0.25, 0.3) is 0 Å². The average molecular weight is 354 g/mol. The van der Waals surface area contributed by atoms with E-state index in [0.717, 1.165) is 42.4 Å². The van der Waals surface area contributed by atoms with Crippen molar-refractivity contribution in [2.75, 3.05) is 34.0 Å². The predicted octanol–water partition coefficient (Wildman–Crippen LogP) is 3.01. The van der Waals surface area contributed by atoms with Crippen molar-refractivity contribution in [2.45, 2.75) is 18.9 Å². The quantitative estimate of drug-likeness (QED) is 0.828. The third-order valence-corrected chi connectivity index (χ3v) is 4.83. The van der Waals surface area contributed by atoms with Gasteiger partial charge in [0.05, 0.1) is 20.3 Å². The summed E-state index contributed by atoms with van der Waals surface area (Å²) in [6.07, 6.45) is 1.28. The fraction of sp³-hybridized carbons (Fsp3) is 0.381. The Morgan fingerprint density at radius 2 is 1.69 bits per heavy atom. The number of benzene rings is 2. The zero-order valence-electron chi connectivity index (χ0n) is 15.4. The molecule has 0 saturated carbocycles. The highest BCUT2D eigenvalue weighted by Gasteiger charge is 2.21. The van der Waals surface area contributed by atoms with Crippen molar-refractivity contribution in [1.82, 2.24) is 10.2 Å². The molecule has 1 aliphatic rings. The van der Waals surface area contributed by atoms with Gasteiger partial charge in [-0.1, -0.05) is 30.3 Å². The van der Waals surface area contributed by atoms with Crippen LogP contribution in [0.2, 0.25) is 0 Å². The van der Waals surface area contributed by atoms with Gasteiger partial charge < -0.3 is 9.47 Å². The summed E-state index contributed by atoms with van der Waals surface area (Å²) in [5.41, 5.74) is 2.23. The number of carbonyl (C=O) groups is 1. The molecule has 0 spiro atoms. The minimum atomic E-state index is -0.00492. The number of ketones is 1. The van der Waals surface area contributed by atoms with Crippen LogP contribution in [-0.2, 0) is 4.79 Å². The van der Waals surface area contributed by atoms with Crippen molar-refractivity contribution < 1.29 is 14.3 Å². The number of para-hydroxylation sites is 1. The summed E-state index contributed by atoms with van der Waals surface area (Å²) in [6.45, 7) is 2.35. The second-order valence-corrected chi connectivity index (χ2v) is 6.47. The van der Waals surface area contributed by atoms with Crippen molar-refractivity contribution >= 4 is 5.78 Å². The molecule has 2 aromatic rings. The lowest BCUT2D eigenvalue weighted by Gasteiger charge is -2.29. The molecule has 1 aliphatic heterocycles. The van der Waals surface area contributed by atoms with Gasteiger partial charge in [0.2, 0.25) is 0 Å². The number of carbonyl (C=O) groups excluding carboxylic acids is 1. The zero-order valence-corrected chi connectivity index (χ0v) is 15.4. The van der Waals surface area contributed by atoms with Gasteiger partial charge in [-0.05, 0) is 23.8 Å². The summed E-state index contributed by atoms with van der Waals surface area (Å²) in [4.78, 5) is 13.7. The normalized spacial score (nSPS) is 16.3. The maximum atomic E-state index is 11.5. The van der Waals surface area contributed by atoms with Crippen LogP contribution in [0.1, 0.15) is 30.0 Å². The SMILES string of the molecule is COc1ccc(C(NCN2CCC(=O)CC2)c2ccccc2OC)cc1. The molecule has 1 fully saturated rings. The van der Waals surface area contributed by atoms with Crippen molar-refractivity contribution in [2.24, 2.45) is 0 Å². The summed E-state index contributed by atoms with van der Waals surface area (Å²) in [5.74, 6) is 2.05. The first-order chi connectivity index (χ1) is 12.7. The second-order valence-electron chi connectivity index (χ2n) is 6.47. The van der Waals surface area contributed by atoms with Gasteiger partial charge in [-0.15, -0.1) is 0 Å². The van der Waals surface area contributed by atoms with Gasteiger partial charge in [0.1, 0.15) is 17.3 Å². The largest absolute Gasteiger partial charge is 0.497 e. The van der Waals surface area contributed by atoms with Crippen molar-refractivity contribution in [3.63, 3.8) is 0 Å². The van der Waals surface area contributed by atoms with E-state index < -0.39 is 0 Å². The van der Waals surface area contributed by atoms with E-state index in [1.54, 1.807) is 14.2 Å². The molecule has 0 aromatic heterocycles. The molecule has 1 N–H and O–H groups in total. The van der Waals surface area contributed by atoms with E-state index >= 15 is 0 Å². The molecule has 0 aliphatic carbocycles. The Morgan fingerprint density at radius 3 is 2.35 bits per heavy atom. The number of hydrogen-bond donors (Lipinski definition) is 1. The predicted molar refractivity (Wildman–Crippen MR) is 102 cm³/mol. The maximum absolute atomic E-state index is 11.5. The lowest BCUT2D eigenvalue weighted by atomic mass is 9.97. The number of rotatable bonds is 7. The number of methoxy groups -OCH3 is 2. The van der Waals surface area contributed by atoms with Crippen LogP contribution in [-0.4, -0.2) is 44.7 Å². The fourth-order valence-corrected chi connectivity index (χ4v) is 3.29. The molecular weight excluding hydrogens is 328 g/mol. The Hall–Kier alpha value is -2.37. The van der Waals surface area contributed by atoms with Gasteiger partial charge in [0.15, 0.2) is 0 Å². The smallest absolute Gasteiger partial charge is 0.135 e. The van der Waals surface area contributed by atoms with E-state index in [2.05, 4.69) is 28.4 Å². The number of nitrogens with one attached hydrogen (secondary N) is 1. The summed E-state index contributed by atoms with van der Waals surface area (Å²) in [5, 5.41) is 3.64. The molecule has 26 heavy (non-hydrogen) atoms. The molecule has 0 bridgehead atoms. The van der Waals surface area contributed by atoms with Crippen LogP contribution >= 0.6 is 0 Å². The van der Waals surface area contributed by atoms with Gasteiger partial charge in [-0.2, -0.15) is 0 Å². The standard InChI is InChI=1S/C21H26N2O3/c1-25-18-9-7-16(8-10-18)21(19-5-3-4-6-20(19)26-2)22-15-23-13-11-17(24)12-14-23/h3-10,21-22H,11-15H2,1-2H3. The van der Waals surface area contributed by atoms with Crippen LogP contribution in [0.15, 0.2) is 48.5 Å². The topological polar surface area (TPSA) is 50.8 Å². The number of piperidine rings is 1. The Labute approximate surface area is 154 Å². The van der Waals surface area contributed by atoms with Gasteiger partial charge >= 0.3 is 0 Å². The summed E-state index contributed by atoms with van der Waals surface area (Å²) >= 11 is 0. The Morgan fingerprint density at radius 1 is 1.00 bits per heavy atom. The zero-order chi connectivity index (χ0) is 18.4. The van der Waals surface area contributed by atoms with E-state index in [1.165, 1.54) is 0 Å². The van der Waals surface area contributed by atoms with E-state index in [-0.39, 0.29) is 6.04 Å². The maximum Gasteiger partial charge on any atom is 0.135 e. The van der Waals surface area contributed by atoms with Crippen molar-refractivity contribution in [3.8, 4) is 11.5 Å². The molecule has 138 valence electrons. The van der Waals surface area contributed by atoms with Crippen molar-refractivity contribution in [1.29, 1.82) is 0 Å². The molecule has 1 atom stereocenters. The molecule has 0 radical (unpaired) electrons. The number of Topliss-reactive ketones (excluding diaryl/α,β-unsaturated/α-hetero) is 1. The average Bonchev–Trinajstić information content (AvgIpc) is 2.70. The number of likely N-dealkylation sites (tertiary alicyclic amines) is 1. The summed E-state index contributed by atoms with van der Waals surface area (Å²) < 4.78 is 10.9. The minimum Gasteiger partial charge on any atom is -0.497 e. The molecule has 3 rings (SSSR count). The Bertz CT molecular complexity index is 720. The van der Waals surface area contributed by atoms with Gasteiger partial charge in [-0.3, -0.25) is 15.0 Å². The Kier molecular flexibility index (Phi) is 6.26. The first kappa shape index (κ1) is 18.4. The molecule has 5 heteroatoms. The number of nitrogens with zero attached hydrogens (tertiary/aromatic N) is 1. The molecule has 2 aromatic carbocycles. The van der Waals surface area contributed by atoms with E-state index in [1.807, 2.05) is 30.3 Å². The lowest BCUT2D eigenvalue weighted by Crippen LogP contribution is -2.41.